The number of anilines is 2. The van der Waals surface area contributed by atoms with Crippen LogP contribution in [-0.4, -0.2) is 42.6 Å². The second-order valence-corrected chi connectivity index (χ2v) is 10.4. The third kappa shape index (κ3) is 5.96. The number of hydrogen-bond acceptors (Lipinski definition) is 7. The number of carbonyl (C=O) groups excluding carboxylic acids is 1. The van der Waals surface area contributed by atoms with Crippen molar-refractivity contribution in [1.29, 1.82) is 0 Å². The van der Waals surface area contributed by atoms with E-state index in [1.54, 1.807) is 0 Å². The van der Waals surface area contributed by atoms with Gasteiger partial charge in [0.15, 0.2) is 4.34 Å². The molecule has 0 radical (unpaired) electrons. The third-order valence-electron chi connectivity index (χ3n) is 3.50. The number of halogens is 4. The molecule has 160 valence electrons. The summed E-state index contributed by atoms with van der Waals surface area (Å²) >= 11 is 8.11. The summed E-state index contributed by atoms with van der Waals surface area (Å²) in [6.45, 7) is 3.17. The highest BCUT2D eigenvalue weighted by atomic mass is 35.5. The lowest BCUT2D eigenvalue weighted by Gasteiger charge is -2.28. The highest BCUT2D eigenvalue weighted by Crippen LogP contribution is 2.38. The standard InChI is InChI=1S/C15H16ClF3N4O3S3/c1-4-27-14-22-21-13(28-14)20-12(24)8(2)23(29(3,25)26)9-5-6-11(16)10(7-9)15(17,18)19/h5-8H,4H2,1-3H3,(H,20,21,24)/t8-/m0/s1. The molecule has 2 aromatic rings. The molecule has 0 bridgehead atoms. The van der Waals surface area contributed by atoms with E-state index in [0.29, 0.717) is 14.7 Å². The first-order valence-electron chi connectivity index (χ1n) is 7.98. The maximum atomic E-state index is 13.2. The summed E-state index contributed by atoms with van der Waals surface area (Å²) in [6, 6.07) is 1.26. The van der Waals surface area contributed by atoms with Crippen LogP contribution in [0.1, 0.15) is 19.4 Å². The van der Waals surface area contributed by atoms with E-state index in [0.717, 1.165) is 35.5 Å². The van der Waals surface area contributed by atoms with Gasteiger partial charge in [0.1, 0.15) is 6.04 Å². The van der Waals surface area contributed by atoms with Gasteiger partial charge in [0.05, 0.1) is 22.5 Å². The molecule has 1 atom stereocenters. The lowest BCUT2D eigenvalue weighted by Crippen LogP contribution is -2.45. The normalized spacial score (nSPS) is 13.2. The van der Waals surface area contributed by atoms with Crippen LogP contribution in [0, 0.1) is 0 Å². The van der Waals surface area contributed by atoms with Gasteiger partial charge in [0.25, 0.3) is 0 Å². The Morgan fingerprint density at radius 3 is 2.59 bits per heavy atom. The molecule has 1 aromatic carbocycles. The molecule has 0 spiro atoms. The van der Waals surface area contributed by atoms with Crippen molar-refractivity contribution in [1.82, 2.24) is 10.2 Å². The number of nitrogens with one attached hydrogen (secondary N) is 1. The summed E-state index contributed by atoms with van der Waals surface area (Å²) in [4.78, 5) is 12.6. The molecule has 29 heavy (non-hydrogen) atoms. The smallest absolute Gasteiger partial charge is 0.299 e. The summed E-state index contributed by atoms with van der Waals surface area (Å²) < 4.78 is 65.2. The zero-order chi connectivity index (χ0) is 22.0. The van der Waals surface area contributed by atoms with Crippen molar-refractivity contribution in [3.63, 3.8) is 0 Å². The maximum Gasteiger partial charge on any atom is 0.417 e. The fourth-order valence-electron chi connectivity index (χ4n) is 2.33. The molecular formula is C15H16ClF3N4O3S3. The molecule has 0 saturated heterocycles. The lowest BCUT2D eigenvalue weighted by atomic mass is 10.1. The van der Waals surface area contributed by atoms with Crippen molar-refractivity contribution in [3.05, 3.63) is 28.8 Å². The van der Waals surface area contributed by atoms with Crippen molar-refractivity contribution in [2.45, 2.75) is 30.4 Å². The molecule has 1 heterocycles. The van der Waals surface area contributed by atoms with Crippen molar-refractivity contribution < 1.29 is 26.4 Å². The molecule has 0 saturated carbocycles. The van der Waals surface area contributed by atoms with Crippen LogP contribution in [0.2, 0.25) is 5.02 Å². The van der Waals surface area contributed by atoms with Gasteiger partial charge in [0.2, 0.25) is 21.1 Å². The van der Waals surface area contributed by atoms with Gasteiger partial charge in [-0.25, -0.2) is 8.42 Å². The van der Waals surface area contributed by atoms with Crippen LogP contribution in [0.5, 0.6) is 0 Å². The molecule has 0 aliphatic heterocycles. The minimum absolute atomic E-state index is 0.151. The van der Waals surface area contributed by atoms with Crippen LogP contribution in [0.3, 0.4) is 0 Å². The van der Waals surface area contributed by atoms with Crippen LogP contribution in [0.4, 0.5) is 24.0 Å². The number of carbonyl (C=O) groups is 1. The summed E-state index contributed by atoms with van der Waals surface area (Å²) in [5.74, 6) is -0.0259. The SMILES string of the molecule is CCSc1nnc(NC(=O)[C@H](C)N(c2ccc(Cl)c(C(F)(F)F)c2)S(C)(=O)=O)s1. The zero-order valence-corrected chi connectivity index (χ0v) is 18.5. The number of benzene rings is 1. The number of alkyl halides is 3. The second kappa shape index (κ2) is 9.06. The first-order chi connectivity index (χ1) is 13.3. The molecule has 0 aliphatic rings. The molecule has 0 fully saturated rings. The predicted molar refractivity (Wildman–Crippen MR) is 108 cm³/mol. The average molecular weight is 489 g/mol. The average Bonchev–Trinajstić information content (AvgIpc) is 3.01. The molecule has 0 unspecified atom stereocenters. The fraction of sp³-hybridized carbons (Fsp3) is 0.400. The molecule has 7 nitrogen and oxygen atoms in total. The van der Waals surface area contributed by atoms with Crippen molar-refractivity contribution in [2.24, 2.45) is 0 Å². The maximum absolute atomic E-state index is 13.2. The van der Waals surface area contributed by atoms with E-state index in [9.17, 15) is 26.4 Å². The van der Waals surface area contributed by atoms with Crippen molar-refractivity contribution in [3.8, 4) is 0 Å². The number of thioether (sulfide) groups is 1. The van der Waals surface area contributed by atoms with Gasteiger partial charge >= 0.3 is 6.18 Å². The van der Waals surface area contributed by atoms with Gasteiger partial charge in [-0.2, -0.15) is 13.2 Å². The molecule has 2 rings (SSSR count). The first kappa shape index (κ1) is 23.7. The minimum atomic E-state index is -4.79. The topological polar surface area (TPSA) is 92.3 Å². The molecule has 1 N–H and O–H groups in total. The van der Waals surface area contributed by atoms with Crippen LogP contribution >= 0.6 is 34.7 Å². The van der Waals surface area contributed by atoms with E-state index in [2.05, 4.69) is 15.5 Å². The molecule has 1 amide bonds. The largest absolute Gasteiger partial charge is 0.417 e. The summed E-state index contributed by atoms with van der Waals surface area (Å²) in [5.41, 5.74) is -1.55. The predicted octanol–water partition coefficient (Wildman–Crippen LogP) is 4.12. The Morgan fingerprint density at radius 1 is 1.38 bits per heavy atom. The van der Waals surface area contributed by atoms with Crippen LogP contribution in [0.15, 0.2) is 22.5 Å². The minimum Gasteiger partial charge on any atom is -0.299 e. The summed E-state index contributed by atoms with van der Waals surface area (Å²) in [7, 11) is -4.11. The van der Waals surface area contributed by atoms with Crippen LogP contribution in [-0.2, 0) is 21.0 Å². The Hall–Kier alpha value is -1.57. The molecule has 0 aliphatic carbocycles. The van der Waals surface area contributed by atoms with E-state index in [4.69, 9.17) is 11.6 Å². The second-order valence-electron chi connectivity index (χ2n) is 5.69. The lowest BCUT2D eigenvalue weighted by molar-refractivity contribution is -0.137. The number of aromatic nitrogens is 2. The molecule has 1 aromatic heterocycles. The highest BCUT2D eigenvalue weighted by Gasteiger charge is 2.36. The van der Waals surface area contributed by atoms with Gasteiger partial charge in [-0.1, -0.05) is 41.6 Å². The van der Waals surface area contributed by atoms with Gasteiger partial charge in [0, 0.05) is 0 Å². The number of nitrogens with zero attached hydrogens (tertiary/aromatic N) is 3. The van der Waals surface area contributed by atoms with Crippen LogP contribution < -0.4 is 9.62 Å². The number of hydrogen-bond donors (Lipinski definition) is 1. The van der Waals surface area contributed by atoms with Gasteiger partial charge < -0.3 is 0 Å². The van der Waals surface area contributed by atoms with Crippen molar-refractivity contribution >= 4 is 61.4 Å². The Balaban J connectivity index is 2.36. The van der Waals surface area contributed by atoms with E-state index < -0.39 is 38.7 Å². The summed E-state index contributed by atoms with van der Waals surface area (Å²) in [6.07, 6.45) is -4.00. The summed E-state index contributed by atoms with van der Waals surface area (Å²) in [5, 5.41) is 9.66. The Bertz CT molecular complexity index is 998. The zero-order valence-electron chi connectivity index (χ0n) is 15.3. The van der Waals surface area contributed by atoms with Gasteiger partial charge in [-0.05, 0) is 30.9 Å². The Morgan fingerprint density at radius 2 is 2.03 bits per heavy atom. The van der Waals surface area contributed by atoms with Gasteiger partial charge in [-0.3, -0.25) is 14.4 Å². The van der Waals surface area contributed by atoms with E-state index >= 15 is 0 Å². The Labute approximate surface area is 178 Å². The highest BCUT2D eigenvalue weighted by molar-refractivity contribution is 8.01. The fourth-order valence-corrected chi connectivity index (χ4v) is 5.37. The number of amides is 1. The monoisotopic (exact) mass is 488 g/mol. The van der Waals surface area contributed by atoms with E-state index in [-0.39, 0.29) is 10.8 Å². The number of sulfonamides is 1. The van der Waals surface area contributed by atoms with Crippen LogP contribution in [0.25, 0.3) is 0 Å². The van der Waals surface area contributed by atoms with E-state index in [1.807, 2.05) is 6.92 Å². The first-order valence-corrected chi connectivity index (χ1v) is 12.0. The number of rotatable bonds is 7. The van der Waals surface area contributed by atoms with Crippen molar-refractivity contribution in [2.75, 3.05) is 21.6 Å². The van der Waals surface area contributed by atoms with E-state index in [1.165, 1.54) is 18.7 Å². The Kier molecular flexibility index (Phi) is 7.41. The molecular weight excluding hydrogens is 473 g/mol. The quantitative estimate of drug-likeness (QED) is 0.465. The molecule has 14 heteroatoms. The van der Waals surface area contributed by atoms with Gasteiger partial charge in [-0.15, -0.1) is 10.2 Å². The third-order valence-corrected chi connectivity index (χ3v) is 6.93.